The van der Waals surface area contributed by atoms with Crippen molar-refractivity contribution in [3.8, 4) is 0 Å². The summed E-state index contributed by atoms with van der Waals surface area (Å²) in [5.74, 6) is 0.186. The predicted octanol–water partition coefficient (Wildman–Crippen LogP) is 2.64. The smallest absolute Gasteiger partial charge is 0.226 e. The summed E-state index contributed by atoms with van der Waals surface area (Å²) in [5, 5.41) is 0.742. The van der Waals surface area contributed by atoms with Crippen molar-refractivity contribution >= 4 is 23.2 Å². The molecule has 1 heterocycles. The van der Waals surface area contributed by atoms with Crippen LogP contribution in [0.5, 0.6) is 0 Å². The van der Waals surface area contributed by atoms with Crippen LogP contribution in [-0.2, 0) is 11.2 Å². The van der Waals surface area contributed by atoms with E-state index in [2.05, 4.69) is 0 Å². The lowest BCUT2D eigenvalue weighted by Crippen LogP contribution is -2.24. The molecule has 0 radical (unpaired) electrons. The lowest BCUT2D eigenvalue weighted by atomic mass is 10.1. The van der Waals surface area contributed by atoms with Gasteiger partial charge in [-0.3, -0.25) is 4.79 Å². The van der Waals surface area contributed by atoms with Gasteiger partial charge in [0.25, 0.3) is 0 Å². The molecule has 0 N–H and O–H groups in total. The lowest BCUT2D eigenvalue weighted by Gasteiger charge is -2.17. The number of anilines is 1. The lowest BCUT2D eigenvalue weighted by molar-refractivity contribution is -0.118. The van der Waals surface area contributed by atoms with Gasteiger partial charge < -0.3 is 4.90 Å². The van der Waals surface area contributed by atoms with Gasteiger partial charge in [-0.1, -0.05) is 11.6 Å². The molecular formula is C11H12ClNO. The van der Waals surface area contributed by atoms with Crippen molar-refractivity contribution in [2.45, 2.75) is 19.3 Å². The Hall–Kier alpha value is -1.02. The number of amides is 1. The van der Waals surface area contributed by atoms with Crippen molar-refractivity contribution in [3.05, 3.63) is 28.8 Å². The van der Waals surface area contributed by atoms with Gasteiger partial charge >= 0.3 is 0 Å². The summed E-state index contributed by atoms with van der Waals surface area (Å²) in [6, 6.07) is 5.70. The van der Waals surface area contributed by atoms with Crippen LogP contribution in [0.3, 0.4) is 0 Å². The highest BCUT2D eigenvalue weighted by atomic mass is 35.5. The van der Waals surface area contributed by atoms with Crippen molar-refractivity contribution in [3.63, 3.8) is 0 Å². The van der Waals surface area contributed by atoms with Crippen LogP contribution in [0.15, 0.2) is 18.2 Å². The van der Waals surface area contributed by atoms with Crippen LogP contribution < -0.4 is 4.90 Å². The SMILES string of the molecule is CN1C(=O)CCCc2cc(Cl)ccc21. The molecule has 0 bridgehead atoms. The minimum atomic E-state index is 0.186. The fourth-order valence-corrected chi connectivity index (χ4v) is 2.01. The number of aryl methyl sites for hydroxylation is 1. The van der Waals surface area contributed by atoms with Gasteiger partial charge in [0, 0.05) is 24.2 Å². The molecule has 1 aromatic carbocycles. The van der Waals surface area contributed by atoms with E-state index in [0.717, 1.165) is 23.6 Å². The zero-order valence-corrected chi connectivity index (χ0v) is 8.84. The zero-order valence-electron chi connectivity index (χ0n) is 8.09. The van der Waals surface area contributed by atoms with E-state index < -0.39 is 0 Å². The van der Waals surface area contributed by atoms with Crippen molar-refractivity contribution in [2.24, 2.45) is 0 Å². The molecule has 0 saturated heterocycles. The third-order valence-electron chi connectivity index (χ3n) is 2.61. The van der Waals surface area contributed by atoms with Crippen molar-refractivity contribution in [1.29, 1.82) is 0 Å². The number of nitrogens with zero attached hydrogens (tertiary/aromatic N) is 1. The molecule has 0 aromatic heterocycles. The first-order chi connectivity index (χ1) is 6.68. The number of benzene rings is 1. The molecule has 3 heteroatoms. The van der Waals surface area contributed by atoms with Crippen LogP contribution >= 0.6 is 11.6 Å². The molecule has 0 spiro atoms. The Bertz CT molecular complexity index is 376. The maximum absolute atomic E-state index is 11.6. The zero-order chi connectivity index (χ0) is 10.1. The summed E-state index contributed by atoms with van der Waals surface area (Å²) < 4.78 is 0. The fourth-order valence-electron chi connectivity index (χ4n) is 1.81. The summed E-state index contributed by atoms with van der Waals surface area (Å²) in [7, 11) is 1.82. The van der Waals surface area contributed by atoms with Crippen LogP contribution in [0.1, 0.15) is 18.4 Å². The first kappa shape index (κ1) is 9.53. The standard InChI is InChI=1S/C11H12ClNO/c1-13-10-6-5-9(12)7-8(10)3-2-4-11(13)14/h5-7H,2-4H2,1H3. The molecule has 74 valence electrons. The Balaban J connectivity index is 2.48. The summed E-state index contributed by atoms with van der Waals surface area (Å²) in [4.78, 5) is 13.3. The molecule has 14 heavy (non-hydrogen) atoms. The summed E-state index contributed by atoms with van der Waals surface area (Å²) in [6.45, 7) is 0. The maximum Gasteiger partial charge on any atom is 0.226 e. The molecule has 0 saturated carbocycles. The molecule has 2 rings (SSSR count). The molecule has 0 atom stereocenters. The van der Waals surface area contributed by atoms with Gasteiger partial charge in [0.15, 0.2) is 0 Å². The number of carbonyl (C=O) groups is 1. The Kier molecular flexibility index (Phi) is 2.46. The highest BCUT2D eigenvalue weighted by Gasteiger charge is 2.18. The first-order valence-electron chi connectivity index (χ1n) is 4.73. The number of rotatable bonds is 0. The molecule has 1 aliphatic heterocycles. The van der Waals surface area contributed by atoms with E-state index in [9.17, 15) is 4.79 Å². The van der Waals surface area contributed by atoms with Gasteiger partial charge in [0.2, 0.25) is 5.91 Å². The molecule has 0 aliphatic carbocycles. The highest BCUT2D eigenvalue weighted by molar-refractivity contribution is 6.30. The largest absolute Gasteiger partial charge is 0.315 e. The maximum atomic E-state index is 11.6. The van der Waals surface area contributed by atoms with Crippen molar-refractivity contribution < 1.29 is 4.79 Å². The quantitative estimate of drug-likeness (QED) is 0.643. The van der Waals surface area contributed by atoms with Crippen LogP contribution in [-0.4, -0.2) is 13.0 Å². The van der Waals surface area contributed by atoms with E-state index in [1.807, 2.05) is 25.2 Å². The Morgan fingerprint density at radius 1 is 1.36 bits per heavy atom. The molecule has 1 aromatic rings. The van der Waals surface area contributed by atoms with Crippen LogP contribution in [0, 0.1) is 0 Å². The monoisotopic (exact) mass is 209 g/mol. The number of fused-ring (bicyclic) bond motifs is 1. The van der Waals surface area contributed by atoms with E-state index >= 15 is 0 Å². The number of hydrogen-bond acceptors (Lipinski definition) is 1. The third kappa shape index (κ3) is 1.62. The normalized spacial score (nSPS) is 16.4. The molecule has 2 nitrogen and oxygen atoms in total. The van der Waals surface area contributed by atoms with Crippen LogP contribution in [0.2, 0.25) is 5.02 Å². The second-order valence-electron chi connectivity index (χ2n) is 3.58. The number of halogens is 1. The average Bonchev–Trinajstić information content (AvgIpc) is 2.28. The van der Waals surface area contributed by atoms with Gasteiger partial charge in [0.1, 0.15) is 0 Å². The minimum absolute atomic E-state index is 0.186. The average molecular weight is 210 g/mol. The summed E-state index contributed by atoms with van der Waals surface area (Å²) in [5.41, 5.74) is 2.17. The fraction of sp³-hybridized carbons (Fsp3) is 0.364. The van der Waals surface area contributed by atoms with Gasteiger partial charge in [-0.2, -0.15) is 0 Å². The van der Waals surface area contributed by atoms with Crippen molar-refractivity contribution in [1.82, 2.24) is 0 Å². The number of carbonyl (C=O) groups excluding carboxylic acids is 1. The second-order valence-corrected chi connectivity index (χ2v) is 4.02. The van der Waals surface area contributed by atoms with Crippen LogP contribution in [0.4, 0.5) is 5.69 Å². The topological polar surface area (TPSA) is 20.3 Å². The Morgan fingerprint density at radius 2 is 2.14 bits per heavy atom. The van der Waals surface area contributed by atoms with Gasteiger partial charge in [-0.15, -0.1) is 0 Å². The van der Waals surface area contributed by atoms with Crippen molar-refractivity contribution in [2.75, 3.05) is 11.9 Å². The van der Waals surface area contributed by atoms with Gasteiger partial charge in [-0.25, -0.2) is 0 Å². The van der Waals surface area contributed by atoms with E-state index in [1.54, 1.807) is 4.90 Å². The first-order valence-corrected chi connectivity index (χ1v) is 5.11. The van der Waals surface area contributed by atoms with E-state index in [0.29, 0.717) is 6.42 Å². The van der Waals surface area contributed by atoms with Crippen LogP contribution in [0.25, 0.3) is 0 Å². The number of hydrogen-bond donors (Lipinski definition) is 0. The molecule has 1 aliphatic rings. The third-order valence-corrected chi connectivity index (χ3v) is 2.85. The van der Waals surface area contributed by atoms with E-state index in [4.69, 9.17) is 11.6 Å². The summed E-state index contributed by atoms with van der Waals surface area (Å²) >= 11 is 5.91. The van der Waals surface area contributed by atoms with Gasteiger partial charge in [-0.05, 0) is 36.6 Å². The Morgan fingerprint density at radius 3 is 2.93 bits per heavy atom. The minimum Gasteiger partial charge on any atom is -0.315 e. The van der Waals surface area contributed by atoms with E-state index in [-0.39, 0.29) is 5.91 Å². The van der Waals surface area contributed by atoms with E-state index in [1.165, 1.54) is 5.56 Å². The Labute approximate surface area is 88.5 Å². The molecule has 1 amide bonds. The van der Waals surface area contributed by atoms with Gasteiger partial charge in [0.05, 0.1) is 0 Å². The predicted molar refractivity (Wildman–Crippen MR) is 57.8 cm³/mol. The second kappa shape index (κ2) is 3.62. The summed E-state index contributed by atoms with van der Waals surface area (Å²) in [6.07, 6.45) is 2.48. The molecule has 0 unspecified atom stereocenters. The highest BCUT2D eigenvalue weighted by Crippen LogP contribution is 2.28. The molecule has 0 fully saturated rings. The molecular weight excluding hydrogens is 198 g/mol.